The van der Waals surface area contributed by atoms with Crippen LogP contribution in [0.15, 0.2) is 18.3 Å². The van der Waals surface area contributed by atoms with Crippen LogP contribution in [-0.4, -0.2) is 9.97 Å². The molecule has 0 aliphatic heterocycles. The zero-order valence-electron chi connectivity index (χ0n) is 9.83. The first-order valence-electron chi connectivity index (χ1n) is 5.59. The van der Waals surface area contributed by atoms with E-state index in [1.165, 1.54) is 33.6 Å². The standard InChI is InChI=1S/C14H14N2/c1-8-7-15-13-6-12-11(14(13)10(8)3)5-4-9(2)16-12/h4-5,7H,6H2,1-3H3. The van der Waals surface area contributed by atoms with Crippen molar-refractivity contribution in [3.8, 4) is 11.1 Å². The summed E-state index contributed by atoms with van der Waals surface area (Å²) in [7, 11) is 0. The summed E-state index contributed by atoms with van der Waals surface area (Å²) in [5.74, 6) is 0. The van der Waals surface area contributed by atoms with Crippen molar-refractivity contribution in [1.82, 2.24) is 9.97 Å². The fourth-order valence-electron chi connectivity index (χ4n) is 2.37. The molecule has 0 unspecified atom stereocenters. The molecular formula is C14H14N2. The quantitative estimate of drug-likeness (QED) is 0.570. The van der Waals surface area contributed by atoms with E-state index in [1.807, 2.05) is 13.1 Å². The number of fused-ring (bicyclic) bond motifs is 3. The molecular weight excluding hydrogens is 196 g/mol. The summed E-state index contributed by atoms with van der Waals surface area (Å²) in [6, 6.07) is 4.26. The van der Waals surface area contributed by atoms with Gasteiger partial charge in [-0.1, -0.05) is 6.07 Å². The number of nitrogens with zero attached hydrogens (tertiary/aromatic N) is 2. The summed E-state index contributed by atoms with van der Waals surface area (Å²) < 4.78 is 0. The van der Waals surface area contributed by atoms with Crippen LogP contribution in [0.3, 0.4) is 0 Å². The highest BCUT2D eigenvalue weighted by Gasteiger charge is 2.23. The molecule has 3 rings (SSSR count). The molecule has 1 aliphatic rings. The van der Waals surface area contributed by atoms with Crippen molar-refractivity contribution >= 4 is 0 Å². The van der Waals surface area contributed by atoms with Gasteiger partial charge in [0.25, 0.3) is 0 Å². The van der Waals surface area contributed by atoms with Crippen LogP contribution in [0.5, 0.6) is 0 Å². The molecule has 80 valence electrons. The maximum atomic E-state index is 4.60. The molecule has 0 spiro atoms. The average molecular weight is 210 g/mol. The van der Waals surface area contributed by atoms with Crippen LogP contribution in [0, 0.1) is 20.8 Å². The first-order valence-corrected chi connectivity index (χ1v) is 5.59. The molecule has 1 aliphatic carbocycles. The number of aryl methyl sites for hydroxylation is 2. The third-order valence-electron chi connectivity index (χ3n) is 3.39. The largest absolute Gasteiger partial charge is 0.260 e. The van der Waals surface area contributed by atoms with E-state index in [0.29, 0.717) is 0 Å². The van der Waals surface area contributed by atoms with Crippen LogP contribution >= 0.6 is 0 Å². The first-order chi connectivity index (χ1) is 7.66. The van der Waals surface area contributed by atoms with Crippen molar-refractivity contribution in [3.05, 3.63) is 46.5 Å². The van der Waals surface area contributed by atoms with Gasteiger partial charge in [-0.25, -0.2) is 0 Å². The molecule has 0 radical (unpaired) electrons. The van der Waals surface area contributed by atoms with Gasteiger partial charge in [0.2, 0.25) is 0 Å². The minimum absolute atomic E-state index is 0.882. The number of hydrogen-bond donors (Lipinski definition) is 0. The van der Waals surface area contributed by atoms with Crippen molar-refractivity contribution in [2.45, 2.75) is 27.2 Å². The van der Waals surface area contributed by atoms with E-state index in [4.69, 9.17) is 0 Å². The lowest BCUT2D eigenvalue weighted by Gasteiger charge is -2.07. The molecule has 16 heavy (non-hydrogen) atoms. The zero-order valence-corrected chi connectivity index (χ0v) is 9.83. The van der Waals surface area contributed by atoms with E-state index < -0.39 is 0 Å². The van der Waals surface area contributed by atoms with E-state index in [2.05, 4.69) is 35.9 Å². The van der Waals surface area contributed by atoms with Gasteiger partial charge >= 0.3 is 0 Å². The Hall–Kier alpha value is -1.70. The molecule has 2 aromatic rings. The maximum absolute atomic E-state index is 4.60. The first kappa shape index (κ1) is 9.52. The van der Waals surface area contributed by atoms with Crippen molar-refractivity contribution in [2.24, 2.45) is 0 Å². The van der Waals surface area contributed by atoms with Crippen LogP contribution in [0.4, 0.5) is 0 Å². The van der Waals surface area contributed by atoms with Crippen LogP contribution in [-0.2, 0) is 6.42 Å². The minimum Gasteiger partial charge on any atom is -0.260 e. The Bertz CT molecular complexity index is 586. The Morgan fingerprint density at radius 3 is 2.69 bits per heavy atom. The number of hydrogen-bond acceptors (Lipinski definition) is 2. The SMILES string of the molecule is Cc1ccc2c(n1)Cc1ncc(C)c(C)c1-2. The predicted octanol–water partition coefficient (Wildman–Crippen LogP) is 2.97. The normalized spacial score (nSPS) is 12.4. The molecule has 0 bridgehead atoms. The van der Waals surface area contributed by atoms with E-state index in [9.17, 15) is 0 Å². The van der Waals surface area contributed by atoms with Crippen molar-refractivity contribution in [3.63, 3.8) is 0 Å². The van der Waals surface area contributed by atoms with E-state index in [-0.39, 0.29) is 0 Å². The molecule has 0 fully saturated rings. The van der Waals surface area contributed by atoms with Gasteiger partial charge in [0.15, 0.2) is 0 Å². The van der Waals surface area contributed by atoms with Gasteiger partial charge < -0.3 is 0 Å². The van der Waals surface area contributed by atoms with Crippen molar-refractivity contribution in [1.29, 1.82) is 0 Å². The molecule has 0 saturated heterocycles. The molecule has 2 aromatic heterocycles. The second-order valence-corrected chi connectivity index (χ2v) is 4.51. The highest BCUT2D eigenvalue weighted by molar-refractivity contribution is 5.77. The smallest absolute Gasteiger partial charge is 0.0545 e. The predicted molar refractivity (Wildman–Crippen MR) is 64.5 cm³/mol. The summed E-state index contributed by atoms with van der Waals surface area (Å²) in [5, 5.41) is 0. The molecule has 2 heterocycles. The van der Waals surface area contributed by atoms with Crippen LogP contribution < -0.4 is 0 Å². The summed E-state index contributed by atoms with van der Waals surface area (Å²) in [4.78, 5) is 9.12. The Labute approximate surface area is 95.4 Å². The lowest BCUT2D eigenvalue weighted by Crippen LogP contribution is -1.92. The number of aromatic nitrogens is 2. The van der Waals surface area contributed by atoms with Gasteiger partial charge in [-0.15, -0.1) is 0 Å². The third-order valence-corrected chi connectivity index (χ3v) is 3.39. The molecule has 2 nitrogen and oxygen atoms in total. The Morgan fingerprint density at radius 2 is 1.88 bits per heavy atom. The summed E-state index contributed by atoms with van der Waals surface area (Å²) in [6.45, 7) is 6.32. The van der Waals surface area contributed by atoms with E-state index in [0.717, 1.165) is 12.1 Å². The topological polar surface area (TPSA) is 25.8 Å². The van der Waals surface area contributed by atoms with Gasteiger partial charge in [0.1, 0.15) is 0 Å². The van der Waals surface area contributed by atoms with E-state index in [1.54, 1.807) is 0 Å². The van der Waals surface area contributed by atoms with Crippen LogP contribution in [0.2, 0.25) is 0 Å². The fourth-order valence-corrected chi connectivity index (χ4v) is 2.37. The highest BCUT2D eigenvalue weighted by atomic mass is 14.8. The Morgan fingerprint density at radius 1 is 1.06 bits per heavy atom. The minimum atomic E-state index is 0.882. The van der Waals surface area contributed by atoms with Gasteiger partial charge in [0.05, 0.1) is 11.4 Å². The maximum Gasteiger partial charge on any atom is 0.0545 e. The Balaban J connectivity index is 2.32. The zero-order chi connectivity index (χ0) is 11.3. The molecule has 0 N–H and O–H groups in total. The molecule has 2 heteroatoms. The lowest BCUT2D eigenvalue weighted by atomic mass is 10.0. The number of pyridine rings is 2. The highest BCUT2D eigenvalue weighted by Crippen LogP contribution is 2.37. The number of rotatable bonds is 0. The molecule has 0 amide bonds. The lowest BCUT2D eigenvalue weighted by molar-refractivity contribution is 1.03. The second-order valence-electron chi connectivity index (χ2n) is 4.51. The van der Waals surface area contributed by atoms with Gasteiger partial charge in [-0.2, -0.15) is 0 Å². The monoisotopic (exact) mass is 210 g/mol. The van der Waals surface area contributed by atoms with Crippen molar-refractivity contribution < 1.29 is 0 Å². The van der Waals surface area contributed by atoms with Crippen molar-refractivity contribution in [2.75, 3.05) is 0 Å². The van der Waals surface area contributed by atoms with Gasteiger partial charge in [-0.05, 0) is 38.0 Å². The third kappa shape index (κ3) is 1.19. The molecule has 0 aromatic carbocycles. The molecule has 0 atom stereocenters. The fraction of sp³-hybridized carbons (Fsp3) is 0.286. The van der Waals surface area contributed by atoms with E-state index >= 15 is 0 Å². The average Bonchev–Trinajstić information content (AvgIpc) is 2.61. The summed E-state index contributed by atoms with van der Waals surface area (Å²) >= 11 is 0. The van der Waals surface area contributed by atoms with Crippen LogP contribution in [0.1, 0.15) is 28.2 Å². The summed E-state index contributed by atoms with van der Waals surface area (Å²) in [5.41, 5.74) is 8.62. The van der Waals surface area contributed by atoms with Gasteiger partial charge in [-0.3, -0.25) is 9.97 Å². The summed E-state index contributed by atoms with van der Waals surface area (Å²) in [6.07, 6.45) is 2.85. The second kappa shape index (κ2) is 3.14. The molecule has 0 saturated carbocycles. The van der Waals surface area contributed by atoms with Gasteiger partial charge in [0, 0.05) is 29.4 Å². The van der Waals surface area contributed by atoms with Crippen LogP contribution in [0.25, 0.3) is 11.1 Å². The Kier molecular flexibility index (Phi) is 1.87.